The first-order valence-corrected chi connectivity index (χ1v) is 8.45. The molecule has 2 aromatic carbocycles. The lowest BCUT2D eigenvalue weighted by Crippen LogP contribution is -2.53. The Hall–Kier alpha value is -2.13. The molecule has 0 spiro atoms. The van der Waals surface area contributed by atoms with E-state index in [9.17, 15) is 4.79 Å². The summed E-state index contributed by atoms with van der Waals surface area (Å²) < 4.78 is 5.81. The van der Waals surface area contributed by atoms with E-state index >= 15 is 0 Å². The van der Waals surface area contributed by atoms with E-state index in [2.05, 4.69) is 39.0 Å². The summed E-state index contributed by atoms with van der Waals surface area (Å²) in [4.78, 5) is 14.4. The van der Waals surface area contributed by atoms with Crippen molar-refractivity contribution >= 4 is 11.6 Å². The van der Waals surface area contributed by atoms with E-state index in [4.69, 9.17) is 4.74 Å². The number of carbonyl (C=O) groups is 1. The molecule has 2 atom stereocenters. The zero-order valence-corrected chi connectivity index (χ0v) is 14.8. The van der Waals surface area contributed by atoms with E-state index in [0.29, 0.717) is 6.61 Å². The quantitative estimate of drug-likeness (QED) is 0.833. The molecule has 1 saturated heterocycles. The molecule has 1 amide bonds. The van der Waals surface area contributed by atoms with Crippen molar-refractivity contribution in [3.05, 3.63) is 65.7 Å². The third kappa shape index (κ3) is 3.09. The second-order valence-electron chi connectivity index (χ2n) is 7.39. The minimum Gasteiger partial charge on any atom is -0.369 e. The summed E-state index contributed by atoms with van der Waals surface area (Å²) in [7, 11) is 0. The Morgan fingerprint density at radius 3 is 2.21 bits per heavy atom. The van der Waals surface area contributed by atoms with Gasteiger partial charge in [-0.05, 0) is 22.6 Å². The summed E-state index contributed by atoms with van der Waals surface area (Å²) in [5.41, 5.74) is 3.26. The average Bonchev–Trinajstić information content (AvgIpc) is 2.51. The normalized spacial score (nSPS) is 20.3. The minimum absolute atomic E-state index is 0.0306. The Kier molecular flexibility index (Phi) is 4.46. The molecule has 1 heterocycles. The van der Waals surface area contributed by atoms with Gasteiger partial charge in [-0.1, -0.05) is 69.3 Å². The van der Waals surface area contributed by atoms with Gasteiger partial charge in [0.2, 0.25) is 5.91 Å². The summed E-state index contributed by atoms with van der Waals surface area (Å²) in [5, 5.41) is 0. The molecule has 1 aliphatic rings. The number of ether oxygens (including phenoxy) is 1. The van der Waals surface area contributed by atoms with Crippen LogP contribution in [0.3, 0.4) is 0 Å². The van der Waals surface area contributed by atoms with Gasteiger partial charge >= 0.3 is 0 Å². The van der Waals surface area contributed by atoms with Crippen LogP contribution >= 0.6 is 0 Å². The lowest BCUT2D eigenvalue weighted by Gasteiger charge is -2.45. The number of anilines is 1. The first kappa shape index (κ1) is 16.7. The molecule has 1 aliphatic heterocycles. The van der Waals surface area contributed by atoms with Crippen molar-refractivity contribution in [1.29, 1.82) is 0 Å². The van der Waals surface area contributed by atoms with Gasteiger partial charge in [-0.15, -0.1) is 0 Å². The van der Waals surface area contributed by atoms with Gasteiger partial charge in [-0.2, -0.15) is 0 Å². The third-order valence-electron chi connectivity index (χ3n) is 4.57. The van der Waals surface area contributed by atoms with Gasteiger partial charge in [0.05, 0.1) is 12.6 Å². The topological polar surface area (TPSA) is 29.5 Å². The SMILES string of the molecule is CC(=O)N(c1ccccc1C(C)(C)C)[C@H]1CO[C@H]1c1ccccc1. The Morgan fingerprint density at radius 2 is 1.67 bits per heavy atom. The van der Waals surface area contributed by atoms with Crippen molar-refractivity contribution in [2.75, 3.05) is 11.5 Å². The average molecular weight is 323 g/mol. The van der Waals surface area contributed by atoms with Gasteiger partial charge in [0.1, 0.15) is 6.10 Å². The van der Waals surface area contributed by atoms with E-state index in [1.54, 1.807) is 6.92 Å². The van der Waals surface area contributed by atoms with Gasteiger partial charge < -0.3 is 9.64 Å². The van der Waals surface area contributed by atoms with Crippen LogP contribution in [0, 0.1) is 0 Å². The smallest absolute Gasteiger partial charge is 0.224 e. The van der Waals surface area contributed by atoms with Crippen LogP contribution in [-0.2, 0) is 14.9 Å². The molecular formula is C21H25NO2. The Bertz CT molecular complexity index is 718. The maximum atomic E-state index is 12.5. The molecule has 24 heavy (non-hydrogen) atoms. The number of para-hydroxylation sites is 1. The molecule has 0 bridgehead atoms. The van der Waals surface area contributed by atoms with Crippen LogP contribution in [0.5, 0.6) is 0 Å². The van der Waals surface area contributed by atoms with Gasteiger partial charge in [0, 0.05) is 12.6 Å². The van der Waals surface area contributed by atoms with Crippen LogP contribution in [0.1, 0.15) is 44.9 Å². The molecule has 0 saturated carbocycles. The highest BCUT2D eigenvalue weighted by molar-refractivity contribution is 5.93. The van der Waals surface area contributed by atoms with E-state index in [0.717, 1.165) is 11.3 Å². The van der Waals surface area contributed by atoms with Crippen molar-refractivity contribution in [1.82, 2.24) is 0 Å². The second-order valence-corrected chi connectivity index (χ2v) is 7.39. The van der Waals surface area contributed by atoms with Crippen molar-refractivity contribution in [2.24, 2.45) is 0 Å². The molecule has 126 valence electrons. The molecular weight excluding hydrogens is 298 g/mol. The number of benzene rings is 2. The molecule has 3 nitrogen and oxygen atoms in total. The monoisotopic (exact) mass is 323 g/mol. The fourth-order valence-electron chi connectivity index (χ4n) is 3.35. The van der Waals surface area contributed by atoms with Crippen LogP contribution in [-0.4, -0.2) is 18.6 Å². The number of rotatable bonds is 3. The standard InChI is InChI=1S/C21H25NO2/c1-15(23)22(18-13-9-8-12-17(18)21(2,3)4)19-14-24-20(19)16-10-6-5-7-11-16/h5-13,19-20H,14H2,1-4H3/t19-,20-/m0/s1. The molecule has 0 N–H and O–H groups in total. The largest absolute Gasteiger partial charge is 0.369 e. The van der Waals surface area contributed by atoms with Gasteiger partial charge in [-0.25, -0.2) is 0 Å². The van der Waals surface area contributed by atoms with Crippen molar-refractivity contribution in [2.45, 2.75) is 45.3 Å². The molecule has 3 heteroatoms. The predicted molar refractivity (Wildman–Crippen MR) is 97.2 cm³/mol. The van der Waals surface area contributed by atoms with Crippen LogP contribution in [0.2, 0.25) is 0 Å². The molecule has 0 radical (unpaired) electrons. The number of nitrogens with zero attached hydrogens (tertiary/aromatic N) is 1. The Balaban J connectivity index is 1.99. The third-order valence-corrected chi connectivity index (χ3v) is 4.57. The van der Waals surface area contributed by atoms with Crippen LogP contribution in [0.4, 0.5) is 5.69 Å². The number of hydrogen-bond acceptors (Lipinski definition) is 2. The van der Waals surface area contributed by atoms with Gasteiger partial charge in [0.25, 0.3) is 0 Å². The predicted octanol–water partition coefficient (Wildman–Crippen LogP) is 4.48. The van der Waals surface area contributed by atoms with E-state index in [-0.39, 0.29) is 23.5 Å². The lowest BCUT2D eigenvalue weighted by atomic mass is 9.84. The van der Waals surface area contributed by atoms with E-state index in [1.807, 2.05) is 41.3 Å². The fourth-order valence-corrected chi connectivity index (χ4v) is 3.35. The molecule has 0 aliphatic carbocycles. The molecule has 0 aromatic heterocycles. The summed E-state index contributed by atoms with van der Waals surface area (Å²) >= 11 is 0. The first-order chi connectivity index (χ1) is 11.4. The number of hydrogen-bond donors (Lipinski definition) is 0. The molecule has 2 aromatic rings. The summed E-state index contributed by atoms with van der Waals surface area (Å²) in [6.07, 6.45) is -0.0666. The molecule has 0 unspecified atom stereocenters. The Labute approximate surface area is 144 Å². The molecule has 1 fully saturated rings. The number of amides is 1. The molecule has 3 rings (SSSR count). The van der Waals surface area contributed by atoms with Gasteiger partial charge in [-0.3, -0.25) is 4.79 Å². The van der Waals surface area contributed by atoms with E-state index < -0.39 is 0 Å². The van der Waals surface area contributed by atoms with Crippen LogP contribution < -0.4 is 4.90 Å². The highest BCUT2D eigenvalue weighted by Crippen LogP contribution is 2.39. The highest BCUT2D eigenvalue weighted by atomic mass is 16.5. The van der Waals surface area contributed by atoms with E-state index in [1.165, 1.54) is 5.56 Å². The second kappa shape index (κ2) is 6.40. The van der Waals surface area contributed by atoms with Crippen molar-refractivity contribution < 1.29 is 9.53 Å². The summed E-state index contributed by atoms with van der Waals surface area (Å²) in [6.45, 7) is 8.74. The van der Waals surface area contributed by atoms with Crippen molar-refractivity contribution in [3.63, 3.8) is 0 Å². The maximum absolute atomic E-state index is 12.5. The summed E-state index contributed by atoms with van der Waals surface area (Å²) in [5.74, 6) is 0.0564. The zero-order valence-electron chi connectivity index (χ0n) is 14.8. The maximum Gasteiger partial charge on any atom is 0.224 e. The summed E-state index contributed by atoms with van der Waals surface area (Å²) in [6, 6.07) is 18.4. The van der Waals surface area contributed by atoms with Crippen molar-refractivity contribution in [3.8, 4) is 0 Å². The van der Waals surface area contributed by atoms with Crippen LogP contribution in [0.15, 0.2) is 54.6 Å². The first-order valence-electron chi connectivity index (χ1n) is 8.45. The lowest BCUT2D eigenvalue weighted by molar-refractivity contribution is -0.124. The Morgan fingerprint density at radius 1 is 1.04 bits per heavy atom. The zero-order chi connectivity index (χ0) is 17.3. The van der Waals surface area contributed by atoms with Crippen LogP contribution in [0.25, 0.3) is 0 Å². The minimum atomic E-state index is -0.0666. The van der Waals surface area contributed by atoms with Gasteiger partial charge in [0.15, 0.2) is 0 Å². The number of carbonyl (C=O) groups excluding carboxylic acids is 1. The fraction of sp³-hybridized carbons (Fsp3) is 0.381. The highest BCUT2D eigenvalue weighted by Gasteiger charge is 2.41.